The maximum absolute atomic E-state index is 5.69. The first-order chi connectivity index (χ1) is 8.17. The fraction of sp³-hybridized carbons (Fsp3) is 0.538. The lowest BCUT2D eigenvalue weighted by Crippen LogP contribution is -2.23. The molecule has 0 bridgehead atoms. The Bertz CT molecular complexity index is 340. The Morgan fingerprint density at radius 2 is 2.06 bits per heavy atom. The van der Waals surface area contributed by atoms with Crippen molar-refractivity contribution in [3.8, 4) is 11.5 Å². The Kier molecular flexibility index (Phi) is 5.80. The van der Waals surface area contributed by atoms with E-state index in [9.17, 15) is 0 Å². The maximum atomic E-state index is 5.69. The number of nitrogens with two attached hydrogens (primary N) is 1. The van der Waals surface area contributed by atoms with Crippen LogP contribution in [0.4, 0.5) is 0 Å². The van der Waals surface area contributed by atoms with E-state index < -0.39 is 0 Å². The van der Waals surface area contributed by atoms with E-state index in [0.717, 1.165) is 36.6 Å². The summed E-state index contributed by atoms with van der Waals surface area (Å²) in [6, 6.07) is 6.03. The Balaban J connectivity index is 2.55. The Hall–Kier alpha value is -1.26. The third-order valence-corrected chi connectivity index (χ3v) is 2.58. The van der Waals surface area contributed by atoms with E-state index in [0.29, 0.717) is 0 Å². The fourth-order valence-electron chi connectivity index (χ4n) is 1.57. The van der Waals surface area contributed by atoms with Crippen LogP contribution in [0.1, 0.15) is 18.9 Å². The second kappa shape index (κ2) is 7.14. The number of methoxy groups -OCH3 is 2. The zero-order valence-electron chi connectivity index (χ0n) is 10.8. The summed E-state index contributed by atoms with van der Waals surface area (Å²) in [5.41, 5.74) is 6.78. The molecular weight excluding hydrogens is 216 g/mol. The molecule has 0 heterocycles. The average molecular weight is 238 g/mol. The van der Waals surface area contributed by atoms with Gasteiger partial charge in [-0.15, -0.1) is 0 Å². The molecule has 1 aromatic carbocycles. The normalized spacial score (nSPS) is 12.2. The number of benzene rings is 1. The van der Waals surface area contributed by atoms with E-state index in [2.05, 4.69) is 5.32 Å². The van der Waals surface area contributed by atoms with Gasteiger partial charge < -0.3 is 20.5 Å². The molecule has 0 saturated carbocycles. The van der Waals surface area contributed by atoms with E-state index in [1.54, 1.807) is 14.2 Å². The molecule has 0 amide bonds. The predicted molar refractivity (Wildman–Crippen MR) is 69.5 cm³/mol. The van der Waals surface area contributed by atoms with Crippen molar-refractivity contribution in [1.29, 1.82) is 0 Å². The molecule has 0 aliphatic carbocycles. The third-order valence-electron chi connectivity index (χ3n) is 2.58. The van der Waals surface area contributed by atoms with E-state index >= 15 is 0 Å². The van der Waals surface area contributed by atoms with Gasteiger partial charge in [0.05, 0.1) is 14.2 Å². The minimum absolute atomic E-state index is 0.231. The van der Waals surface area contributed by atoms with E-state index in [-0.39, 0.29) is 6.04 Å². The smallest absolute Gasteiger partial charge is 0.123 e. The first-order valence-electron chi connectivity index (χ1n) is 5.84. The molecule has 0 fully saturated rings. The van der Waals surface area contributed by atoms with Crippen molar-refractivity contribution in [3.05, 3.63) is 23.8 Å². The molecule has 3 N–H and O–H groups in total. The van der Waals surface area contributed by atoms with Crippen LogP contribution in [0.5, 0.6) is 11.5 Å². The lowest BCUT2D eigenvalue weighted by atomic mass is 10.2. The molecule has 0 aliphatic heterocycles. The highest BCUT2D eigenvalue weighted by Crippen LogP contribution is 2.23. The van der Waals surface area contributed by atoms with Gasteiger partial charge in [-0.05, 0) is 38.1 Å². The lowest BCUT2D eigenvalue weighted by molar-refractivity contribution is 0.397. The number of hydrogen-bond acceptors (Lipinski definition) is 4. The van der Waals surface area contributed by atoms with Crippen LogP contribution in [0.2, 0.25) is 0 Å². The summed E-state index contributed by atoms with van der Waals surface area (Å²) in [7, 11) is 3.34. The molecule has 1 atom stereocenters. The lowest BCUT2D eigenvalue weighted by Gasteiger charge is -2.12. The molecule has 0 saturated heterocycles. The van der Waals surface area contributed by atoms with Crippen LogP contribution in [0.3, 0.4) is 0 Å². The molecule has 4 nitrogen and oxygen atoms in total. The van der Waals surface area contributed by atoms with Crippen molar-refractivity contribution in [3.63, 3.8) is 0 Å². The van der Waals surface area contributed by atoms with Crippen molar-refractivity contribution >= 4 is 0 Å². The summed E-state index contributed by atoms with van der Waals surface area (Å²) in [6.07, 6.45) is 0.965. The minimum Gasteiger partial charge on any atom is -0.497 e. The van der Waals surface area contributed by atoms with Crippen molar-refractivity contribution < 1.29 is 9.47 Å². The van der Waals surface area contributed by atoms with E-state index in [1.165, 1.54) is 0 Å². The van der Waals surface area contributed by atoms with Gasteiger partial charge in [0.1, 0.15) is 11.5 Å². The van der Waals surface area contributed by atoms with Crippen LogP contribution < -0.4 is 20.5 Å². The molecule has 1 unspecified atom stereocenters. The topological polar surface area (TPSA) is 56.5 Å². The largest absolute Gasteiger partial charge is 0.497 e. The summed E-state index contributed by atoms with van der Waals surface area (Å²) in [6.45, 7) is 3.67. The first-order valence-corrected chi connectivity index (χ1v) is 5.84. The quantitative estimate of drug-likeness (QED) is 0.707. The van der Waals surface area contributed by atoms with Gasteiger partial charge in [-0.2, -0.15) is 0 Å². The zero-order chi connectivity index (χ0) is 12.7. The Morgan fingerprint density at radius 3 is 2.65 bits per heavy atom. The predicted octanol–water partition coefficient (Wildman–Crippen LogP) is 1.53. The van der Waals surface area contributed by atoms with Crippen LogP contribution in [0.25, 0.3) is 0 Å². The van der Waals surface area contributed by atoms with Gasteiger partial charge in [-0.1, -0.05) is 0 Å². The molecule has 1 rings (SSSR count). The third kappa shape index (κ3) is 4.63. The van der Waals surface area contributed by atoms with Gasteiger partial charge in [0, 0.05) is 18.2 Å². The van der Waals surface area contributed by atoms with Crippen LogP contribution in [-0.2, 0) is 6.54 Å². The van der Waals surface area contributed by atoms with E-state index in [1.807, 2.05) is 25.1 Å². The van der Waals surface area contributed by atoms with Gasteiger partial charge in [0.15, 0.2) is 0 Å². The summed E-state index contributed by atoms with van der Waals surface area (Å²) >= 11 is 0. The summed E-state index contributed by atoms with van der Waals surface area (Å²) in [5.74, 6) is 1.72. The molecule has 17 heavy (non-hydrogen) atoms. The van der Waals surface area contributed by atoms with Crippen LogP contribution >= 0.6 is 0 Å². The van der Waals surface area contributed by atoms with E-state index in [4.69, 9.17) is 15.2 Å². The molecule has 0 radical (unpaired) electrons. The monoisotopic (exact) mass is 238 g/mol. The van der Waals surface area contributed by atoms with Gasteiger partial charge in [0.25, 0.3) is 0 Å². The Labute approximate surface area is 103 Å². The number of rotatable bonds is 7. The van der Waals surface area contributed by atoms with Gasteiger partial charge in [0.2, 0.25) is 0 Å². The standard InChI is InChI=1S/C13H22N2O2/c1-10(14)6-7-15-9-11-8-12(16-2)4-5-13(11)17-3/h4-5,8,10,15H,6-7,9,14H2,1-3H3. The number of nitrogens with one attached hydrogen (secondary N) is 1. The minimum atomic E-state index is 0.231. The number of ether oxygens (including phenoxy) is 2. The Morgan fingerprint density at radius 1 is 1.29 bits per heavy atom. The average Bonchev–Trinajstić information content (AvgIpc) is 2.34. The van der Waals surface area contributed by atoms with Crippen molar-refractivity contribution in [2.24, 2.45) is 5.73 Å². The van der Waals surface area contributed by atoms with Crippen LogP contribution in [0.15, 0.2) is 18.2 Å². The molecular formula is C13H22N2O2. The van der Waals surface area contributed by atoms with Crippen LogP contribution in [0, 0.1) is 0 Å². The van der Waals surface area contributed by atoms with Gasteiger partial charge in [-0.25, -0.2) is 0 Å². The summed E-state index contributed by atoms with van der Waals surface area (Å²) in [5, 5.41) is 3.34. The van der Waals surface area contributed by atoms with Crippen LogP contribution in [-0.4, -0.2) is 26.8 Å². The van der Waals surface area contributed by atoms with Gasteiger partial charge in [-0.3, -0.25) is 0 Å². The first kappa shape index (κ1) is 13.8. The molecule has 4 heteroatoms. The SMILES string of the molecule is COc1ccc(OC)c(CNCCC(C)N)c1. The number of hydrogen-bond donors (Lipinski definition) is 2. The zero-order valence-corrected chi connectivity index (χ0v) is 10.8. The highest BCUT2D eigenvalue weighted by molar-refractivity contribution is 5.40. The van der Waals surface area contributed by atoms with Crippen molar-refractivity contribution in [2.45, 2.75) is 25.9 Å². The second-order valence-electron chi connectivity index (χ2n) is 4.12. The molecule has 0 aromatic heterocycles. The fourth-order valence-corrected chi connectivity index (χ4v) is 1.57. The summed E-state index contributed by atoms with van der Waals surface area (Å²) in [4.78, 5) is 0. The summed E-state index contributed by atoms with van der Waals surface area (Å²) < 4.78 is 10.5. The highest BCUT2D eigenvalue weighted by atomic mass is 16.5. The molecule has 0 aliphatic rings. The van der Waals surface area contributed by atoms with Gasteiger partial charge >= 0.3 is 0 Å². The second-order valence-corrected chi connectivity index (χ2v) is 4.12. The molecule has 1 aromatic rings. The highest BCUT2D eigenvalue weighted by Gasteiger charge is 2.04. The maximum Gasteiger partial charge on any atom is 0.123 e. The molecule has 0 spiro atoms. The van der Waals surface area contributed by atoms with Crippen molar-refractivity contribution in [2.75, 3.05) is 20.8 Å². The molecule has 96 valence electrons. The van der Waals surface area contributed by atoms with Crippen molar-refractivity contribution in [1.82, 2.24) is 5.32 Å².